The third-order valence-corrected chi connectivity index (χ3v) is 5.21. The van der Waals surface area contributed by atoms with Gasteiger partial charge in [-0.05, 0) is 38.1 Å². The van der Waals surface area contributed by atoms with Crippen LogP contribution in [0.3, 0.4) is 0 Å². The number of allylic oxidation sites excluding steroid dienone is 1. The van der Waals surface area contributed by atoms with Crippen LogP contribution in [0, 0.1) is 11.7 Å². The topological polar surface area (TPSA) is 78.8 Å². The Morgan fingerprint density at radius 3 is 2.07 bits per heavy atom. The first kappa shape index (κ1) is 20.8. The summed E-state index contributed by atoms with van der Waals surface area (Å²) in [4.78, 5) is 3.74. The molecule has 1 saturated carbocycles. The maximum atomic E-state index is 15.6. The van der Waals surface area contributed by atoms with Crippen molar-refractivity contribution in [2.45, 2.75) is 42.9 Å². The van der Waals surface area contributed by atoms with Gasteiger partial charge in [0.1, 0.15) is 11.5 Å². The highest BCUT2D eigenvalue weighted by atomic mass is 19.4. The number of halogens is 6. The van der Waals surface area contributed by atoms with E-state index in [1.54, 1.807) is 0 Å². The summed E-state index contributed by atoms with van der Waals surface area (Å²) in [7, 11) is 0. The van der Waals surface area contributed by atoms with E-state index in [-0.39, 0.29) is 5.56 Å². The first-order valence-electron chi connectivity index (χ1n) is 8.35. The summed E-state index contributed by atoms with van der Waals surface area (Å²) in [5.41, 5.74) is -5.35. The molecule has 0 aromatic heterocycles. The van der Waals surface area contributed by atoms with Crippen LogP contribution in [-0.2, 0) is 0 Å². The fraction of sp³-hybridized carbons (Fsp3) is 0.500. The number of hydrogen-bond acceptors (Lipinski definition) is 4. The van der Waals surface area contributed by atoms with Gasteiger partial charge in [0.25, 0.3) is 0 Å². The Morgan fingerprint density at radius 1 is 1.11 bits per heavy atom. The molecule has 1 fully saturated rings. The second kappa shape index (κ2) is 6.04. The number of aliphatic imine (C=N–C) groups is 1. The van der Waals surface area contributed by atoms with Crippen molar-refractivity contribution in [3.8, 4) is 0 Å². The Morgan fingerprint density at radius 2 is 1.64 bits per heavy atom. The molecular weight excluding hydrogens is 390 g/mol. The van der Waals surface area contributed by atoms with E-state index in [0.29, 0.717) is 0 Å². The second-order valence-electron chi connectivity index (χ2n) is 7.55. The normalized spacial score (nSPS) is 29.9. The second-order valence-corrected chi connectivity index (χ2v) is 7.55. The number of alkyl halides is 4. The average molecular weight is 408 g/mol. The molecule has 1 aromatic carbocycles. The van der Waals surface area contributed by atoms with E-state index in [9.17, 15) is 27.8 Å². The van der Waals surface area contributed by atoms with Crippen LogP contribution in [0.1, 0.15) is 19.4 Å². The molecule has 3 rings (SSSR count). The van der Waals surface area contributed by atoms with Crippen molar-refractivity contribution in [2.24, 2.45) is 16.6 Å². The number of hydrogen-bond donors (Lipinski definition) is 3. The van der Waals surface area contributed by atoms with Crippen molar-refractivity contribution in [1.29, 1.82) is 0 Å². The van der Waals surface area contributed by atoms with Gasteiger partial charge in [-0.1, -0.05) is 0 Å². The maximum Gasteiger partial charge on any atom is 0.418 e. The fourth-order valence-electron chi connectivity index (χ4n) is 3.87. The number of fused-ring (bicyclic) bond motifs is 1. The van der Waals surface area contributed by atoms with Gasteiger partial charge >= 0.3 is 6.18 Å². The molecule has 1 aliphatic carbocycles. The predicted molar refractivity (Wildman–Crippen MR) is 88.5 cm³/mol. The lowest BCUT2D eigenvalue weighted by molar-refractivity contribution is -0.267. The number of benzene rings is 1. The lowest BCUT2D eigenvalue weighted by Gasteiger charge is -2.32. The molecule has 4 atom stereocenters. The third-order valence-electron chi connectivity index (χ3n) is 5.21. The summed E-state index contributed by atoms with van der Waals surface area (Å²) in [6.07, 6.45) is -5.31. The van der Waals surface area contributed by atoms with Gasteiger partial charge in [-0.2, -0.15) is 13.2 Å². The molecule has 0 saturated heterocycles. The van der Waals surface area contributed by atoms with Crippen LogP contribution in [0.25, 0.3) is 0 Å². The lowest BCUT2D eigenvalue weighted by atomic mass is 9.84. The average Bonchev–Trinajstić information content (AvgIpc) is 3.16. The zero-order chi connectivity index (χ0) is 21.3. The molecule has 28 heavy (non-hydrogen) atoms. The summed E-state index contributed by atoms with van der Waals surface area (Å²) < 4.78 is 84.2. The highest BCUT2D eigenvalue weighted by Gasteiger charge is 2.83. The lowest BCUT2D eigenvalue weighted by Crippen LogP contribution is -2.55. The summed E-state index contributed by atoms with van der Waals surface area (Å²) >= 11 is 0. The van der Waals surface area contributed by atoms with Gasteiger partial charge in [0.15, 0.2) is 17.1 Å². The minimum absolute atomic E-state index is 0.0170. The predicted octanol–water partition coefficient (Wildman–Crippen LogP) is 2.58. The molecule has 154 valence electrons. The highest BCUT2D eigenvalue weighted by Crippen LogP contribution is 2.66. The van der Waals surface area contributed by atoms with Gasteiger partial charge in [0.2, 0.25) is 0 Å². The summed E-state index contributed by atoms with van der Waals surface area (Å²) in [6, 6.07) is 2.38. The molecule has 1 heterocycles. The van der Waals surface area contributed by atoms with Crippen LogP contribution in [-0.4, -0.2) is 51.6 Å². The Kier molecular flexibility index (Phi) is 4.49. The van der Waals surface area contributed by atoms with Crippen LogP contribution >= 0.6 is 0 Å². The first-order valence-corrected chi connectivity index (χ1v) is 8.35. The molecular formula is C18H18F6N2O2. The van der Waals surface area contributed by atoms with Crippen LogP contribution in [0.2, 0.25) is 0 Å². The molecule has 0 bridgehead atoms. The summed E-state index contributed by atoms with van der Waals surface area (Å²) in [5.74, 6) is -4.25. The number of aliphatic hydroxyl groups is 2. The van der Waals surface area contributed by atoms with Crippen LogP contribution in [0.15, 0.2) is 40.7 Å². The van der Waals surface area contributed by atoms with Crippen molar-refractivity contribution in [2.75, 3.05) is 6.54 Å². The van der Waals surface area contributed by atoms with E-state index in [1.807, 2.05) is 0 Å². The highest BCUT2D eigenvalue weighted by molar-refractivity contribution is 6.13. The van der Waals surface area contributed by atoms with Gasteiger partial charge in [0, 0.05) is 17.7 Å². The monoisotopic (exact) mass is 408 g/mol. The Hall–Kier alpha value is -1.91. The van der Waals surface area contributed by atoms with E-state index < -0.39 is 64.5 Å². The van der Waals surface area contributed by atoms with E-state index in [1.165, 1.54) is 0 Å². The van der Waals surface area contributed by atoms with Crippen molar-refractivity contribution in [1.82, 2.24) is 0 Å². The Bertz CT molecular complexity index is 858. The number of dihydropyridines is 1. The SMILES string of the molecule is CC(C)(O)C1=C(F)C(c2ccc(F)cc2)=NC2[C@H]([C@@](O)(CN)C(F)(F)F)C12F. The van der Waals surface area contributed by atoms with E-state index in [0.717, 1.165) is 38.1 Å². The van der Waals surface area contributed by atoms with Crippen molar-refractivity contribution >= 4 is 5.71 Å². The first-order chi connectivity index (χ1) is 12.7. The zero-order valence-corrected chi connectivity index (χ0v) is 14.9. The summed E-state index contributed by atoms with van der Waals surface area (Å²) in [5, 5.41) is 20.4. The van der Waals surface area contributed by atoms with Crippen LogP contribution in [0.5, 0.6) is 0 Å². The van der Waals surface area contributed by atoms with Crippen molar-refractivity contribution in [3.05, 3.63) is 47.0 Å². The minimum Gasteiger partial charge on any atom is -0.386 e. The molecule has 10 heteroatoms. The molecule has 2 aliphatic rings. The third kappa shape index (κ3) is 2.77. The fourth-order valence-corrected chi connectivity index (χ4v) is 3.87. The van der Waals surface area contributed by atoms with Gasteiger partial charge in [-0.25, -0.2) is 13.2 Å². The van der Waals surface area contributed by atoms with Gasteiger partial charge in [0.05, 0.1) is 17.6 Å². The molecule has 1 aromatic rings. The zero-order valence-electron chi connectivity index (χ0n) is 14.9. The van der Waals surface area contributed by atoms with E-state index in [4.69, 9.17) is 5.73 Å². The van der Waals surface area contributed by atoms with Gasteiger partial charge in [-0.15, -0.1) is 0 Å². The van der Waals surface area contributed by atoms with Gasteiger partial charge < -0.3 is 15.9 Å². The smallest absolute Gasteiger partial charge is 0.386 e. The van der Waals surface area contributed by atoms with E-state index in [2.05, 4.69) is 4.99 Å². The molecule has 1 aliphatic heterocycles. The Balaban J connectivity index is 2.21. The minimum atomic E-state index is -5.31. The molecule has 0 amide bonds. The molecule has 2 unspecified atom stereocenters. The number of rotatable bonds is 4. The largest absolute Gasteiger partial charge is 0.418 e. The Labute approximate surface area is 156 Å². The summed E-state index contributed by atoms with van der Waals surface area (Å²) in [6.45, 7) is 0.655. The standard InChI is InChI=1S/C18H18F6N2O2/c1-15(2,27)12-10(20)11(8-3-5-9(19)6-4-8)26-14-13(17(12,14)21)16(28,7-25)18(22,23)24/h3-6,13-14,27-28H,7,25H2,1-2H3/t13-,14?,16+,17?/m1/s1. The van der Waals surface area contributed by atoms with Crippen molar-refractivity contribution in [3.63, 3.8) is 0 Å². The van der Waals surface area contributed by atoms with Crippen molar-refractivity contribution < 1.29 is 36.6 Å². The molecule has 4 nitrogen and oxygen atoms in total. The van der Waals surface area contributed by atoms with Gasteiger partial charge in [-0.3, -0.25) is 4.99 Å². The quantitative estimate of drug-likeness (QED) is 0.671. The van der Waals surface area contributed by atoms with Crippen LogP contribution < -0.4 is 5.73 Å². The molecule has 4 N–H and O–H groups in total. The number of nitrogens with zero attached hydrogens (tertiary/aromatic N) is 1. The maximum absolute atomic E-state index is 15.6. The number of nitrogens with two attached hydrogens (primary N) is 1. The van der Waals surface area contributed by atoms with Crippen LogP contribution in [0.4, 0.5) is 26.3 Å². The molecule has 0 spiro atoms. The van der Waals surface area contributed by atoms with E-state index >= 15 is 8.78 Å². The molecule has 0 radical (unpaired) electrons.